The van der Waals surface area contributed by atoms with Gasteiger partial charge in [0.15, 0.2) is 0 Å². The van der Waals surface area contributed by atoms with Crippen LogP contribution in [0.15, 0.2) is 36.5 Å². The first kappa shape index (κ1) is 26.4. The summed E-state index contributed by atoms with van der Waals surface area (Å²) in [6, 6.07) is 4.34. The van der Waals surface area contributed by atoms with E-state index in [2.05, 4.69) is 20.6 Å². The van der Waals surface area contributed by atoms with E-state index in [1.54, 1.807) is 6.92 Å². The number of fused-ring (bicyclic) bond motifs is 1. The summed E-state index contributed by atoms with van der Waals surface area (Å²) >= 11 is 0. The number of amides is 2. The molecule has 2 aliphatic rings. The summed E-state index contributed by atoms with van der Waals surface area (Å²) in [5, 5.41) is 24.9. The quantitative estimate of drug-likeness (QED) is 0.387. The summed E-state index contributed by atoms with van der Waals surface area (Å²) in [6.07, 6.45) is 1.63. The highest BCUT2D eigenvalue weighted by molar-refractivity contribution is 6.05. The molecule has 0 radical (unpaired) electrons. The standard InChI is InChI=1S/C27H26F3N5O4/c1-13-11-35(12-21(25(13)36)34-27(38)39)24-14-4-2-7-18(14)31-10-20(24)33-26(37)19-9-8-17(30)23(32-19)22-15(28)5-3-6-16(22)29/h3,5-6,8-10,13,21,25,34,36H,2,4,7,11-12H2,1H3,(H,33,37)(H,38,39)/t13-,21+,25+/m0/s1. The van der Waals surface area contributed by atoms with Crippen molar-refractivity contribution in [2.45, 2.75) is 38.3 Å². The molecule has 4 N–H and O–H groups in total. The molecule has 12 heteroatoms. The number of carbonyl (C=O) groups excluding carboxylic acids is 1. The highest BCUT2D eigenvalue weighted by Gasteiger charge is 2.37. The lowest BCUT2D eigenvalue weighted by atomic mass is 9.91. The van der Waals surface area contributed by atoms with Crippen LogP contribution in [-0.2, 0) is 12.8 Å². The van der Waals surface area contributed by atoms with Gasteiger partial charge in [0.1, 0.15) is 28.8 Å². The molecule has 0 bridgehead atoms. The molecule has 204 valence electrons. The maximum atomic E-state index is 14.5. The maximum absolute atomic E-state index is 14.5. The Morgan fingerprint density at radius 3 is 2.51 bits per heavy atom. The summed E-state index contributed by atoms with van der Waals surface area (Å²) < 4.78 is 43.2. The van der Waals surface area contributed by atoms with Crippen molar-refractivity contribution in [1.29, 1.82) is 0 Å². The largest absolute Gasteiger partial charge is 0.465 e. The minimum Gasteiger partial charge on any atom is -0.465 e. The Morgan fingerprint density at radius 2 is 1.79 bits per heavy atom. The highest BCUT2D eigenvalue weighted by Crippen LogP contribution is 2.38. The van der Waals surface area contributed by atoms with Crippen molar-refractivity contribution >= 4 is 23.4 Å². The predicted molar refractivity (Wildman–Crippen MR) is 136 cm³/mol. The number of nitrogens with zero attached hydrogens (tertiary/aromatic N) is 3. The second-order valence-corrected chi connectivity index (χ2v) is 9.81. The van der Waals surface area contributed by atoms with E-state index in [-0.39, 0.29) is 18.2 Å². The fraction of sp³-hybridized carbons (Fsp3) is 0.333. The molecular formula is C27H26F3N5O4. The molecular weight excluding hydrogens is 515 g/mol. The van der Waals surface area contributed by atoms with E-state index < -0.39 is 52.9 Å². The van der Waals surface area contributed by atoms with E-state index in [1.807, 2.05) is 4.90 Å². The van der Waals surface area contributed by atoms with Gasteiger partial charge in [0.25, 0.3) is 5.91 Å². The van der Waals surface area contributed by atoms with Crippen molar-refractivity contribution < 1.29 is 33.0 Å². The zero-order valence-electron chi connectivity index (χ0n) is 20.9. The molecule has 3 atom stereocenters. The second-order valence-electron chi connectivity index (χ2n) is 9.81. The number of piperidine rings is 1. The van der Waals surface area contributed by atoms with Gasteiger partial charge in [0, 0.05) is 24.7 Å². The van der Waals surface area contributed by atoms with E-state index in [1.165, 1.54) is 6.20 Å². The molecule has 0 saturated carbocycles. The lowest BCUT2D eigenvalue weighted by Crippen LogP contribution is -2.58. The van der Waals surface area contributed by atoms with Crippen LogP contribution in [-0.4, -0.2) is 57.4 Å². The fourth-order valence-corrected chi connectivity index (χ4v) is 5.34. The Hall–Kier alpha value is -4.19. The van der Waals surface area contributed by atoms with Crippen molar-refractivity contribution in [2.24, 2.45) is 5.92 Å². The van der Waals surface area contributed by atoms with Crippen LogP contribution in [0, 0.1) is 23.4 Å². The average Bonchev–Trinajstić information content (AvgIpc) is 3.36. The van der Waals surface area contributed by atoms with Gasteiger partial charge in [0.05, 0.1) is 35.3 Å². The molecule has 0 spiro atoms. The van der Waals surface area contributed by atoms with Crippen molar-refractivity contribution in [3.05, 3.63) is 70.9 Å². The monoisotopic (exact) mass is 541 g/mol. The number of hydrogen-bond donors (Lipinski definition) is 4. The number of nitrogens with one attached hydrogen (secondary N) is 2. The molecule has 1 aliphatic heterocycles. The zero-order chi connectivity index (χ0) is 27.8. The first-order valence-corrected chi connectivity index (χ1v) is 12.5. The van der Waals surface area contributed by atoms with Crippen molar-refractivity contribution in [3.63, 3.8) is 0 Å². The van der Waals surface area contributed by atoms with Crippen LogP contribution in [0.3, 0.4) is 0 Å². The van der Waals surface area contributed by atoms with Crippen LogP contribution >= 0.6 is 0 Å². The highest BCUT2D eigenvalue weighted by atomic mass is 19.1. The van der Waals surface area contributed by atoms with Gasteiger partial charge in [-0.25, -0.2) is 22.9 Å². The number of aliphatic hydroxyl groups is 1. The maximum Gasteiger partial charge on any atom is 0.405 e. The molecule has 1 aliphatic carbocycles. The minimum atomic E-state index is -1.26. The smallest absolute Gasteiger partial charge is 0.405 e. The molecule has 0 unspecified atom stereocenters. The van der Waals surface area contributed by atoms with Crippen LogP contribution in [0.5, 0.6) is 0 Å². The van der Waals surface area contributed by atoms with Crippen LogP contribution in [0.25, 0.3) is 11.3 Å². The van der Waals surface area contributed by atoms with E-state index >= 15 is 0 Å². The molecule has 5 rings (SSSR count). The molecule has 2 amide bonds. The number of carboxylic acid groups (broad SMARTS) is 1. The Balaban J connectivity index is 1.50. The third kappa shape index (κ3) is 5.11. The van der Waals surface area contributed by atoms with Gasteiger partial charge < -0.3 is 25.7 Å². The summed E-state index contributed by atoms with van der Waals surface area (Å²) in [6.45, 7) is 2.35. The normalized spacial score (nSPS) is 20.4. The third-order valence-electron chi connectivity index (χ3n) is 7.15. The minimum absolute atomic E-state index is 0.155. The number of aliphatic hydroxyl groups excluding tert-OH is 1. The molecule has 2 aromatic heterocycles. The predicted octanol–water partition coefficient (Wildman–Crippen LogP) is 3.76. The second kappa shape index (κ2) is 10.5. The fourth-order valence-electron chi connectivity index (χ4n) is 5.34. The number of hydrogen-bond acceptors (Lipinski definition) is 6. The van der Waals surface area contributed by atoms with Crippen LogP contribution in [0.4, 0.5) is 29.3 Å². The summed E-state index contributed by atoms with van der Waals surface area (Å²) in [7, 11) is 0. The van der Waals surface area contributed by atoms with Crippen molar-refractivity contribution in [1.82, 2.24) is 15.3 Å². The SMILES string of the molecule is C[C@H]1CN(c2c(NC(=O)c3ccc(F)c(-c4c(F)cccc4F)n3)cnc3c2CCC3)C[C@@H](NC(=O)O)[C@@H]1O. The number of halogens is 3. The van der Waals surface area contributed by atoms with Crippen molar-refractivity contribution in [2.75, 3.05) is 23.3 Å². The molecule has 1 aromatic carbocycles. The summed E-state index contributed by atoms with van der Waals surface area (Å²) in [5.74, 6) is -4.07. The number of benzene rings is 1. The first-order chi connectivity index (χ1) is 18.6. The lowest BCUT2D eigenvalue weighted by Gasteiger charge is -2.42. The summed E-state index contributed by atoms with van der Waals surface area (Å²) in [5.41, 5.74) is 1.17. The summed E-state index contributed by atoms with van der Waals surface area (Å²) in [4.78, 5) is 34.9. The molecule has 3 aromatic rings. The Morgan fingerprint density at radius 1 is 1.05 bits per heavy atom. The molecule has 3 heterocycles. The van der Waals surface area contributed by atoms with Gasteiger partial charge >= 0.3 is 6.09 Å². The van der Waals surface area contributed by atoms with E-state index in [9.17, 15) is 33.0 Å². The number of aryl methyl sites for hydroxylation is 1. The topological polar surface area (TPSA) is 128 Å². The van der Waals surface area contributed by atoms with Crippen LogP contribution in [0.2, 0.25) is 0 Å². The number of pyridine rings is 2. The van der Waals surface area contributed by atoms with Gasteiger partial charge in [-0.05, 0) is 49.1 Å². The molecule has 1 fully saturated rings. The third-order valence-corrected chi connectivity index (χ3v) is 7.15. The van der Waals surface area contributed by atoms with Gasteiger partial charge in [0.2, 0.25) is 0 Å². The Labute approximate surface area is 221 Å². The molecule has 1 saturated heterocycles. The Bertz CT molecular complexity index is 1430. The lowest BCUT2D eigenvalue weighted by molar-refractivity contribution is 0.0633. The zero-order valence-corrected chi connectivity index (χ0v) is 20.9. The van der Waals surface area contributed by atoms with Gasteiger partial charge in [-0.1, -0.05) is 13.0 Å². The average molecular weight is 542 g/mol. The van der Waals surface area contributed by atoms with Gasteiger partial charge in [-0.2, -0.15) is 0 Å². The molecule has 9 nitrogen and oxygen atoms in total. The van der Waals surface area contributed by atoms with Gasteiger partial charge in [-0.3, -0.25) is 9.78 Å². The van der Waals surface area contributed by atoms with E-state index in [0.29, 0.717) is 24.3 Å². The van der Waals surface area contributed by atoms with Crippen LogP contribution < -0.4 is 15.5 Å². The number of rotatable bonds is 5. The Kier molecular flexibility index (Phi) is 7.13. The molecule has 39 heavy (non-hydrogen) atoms. The van der Waals surface area contributed by atoms with Crippen molar-refractivity contribution in [3.8, 4) is 11.3 Å². The number of carbonyl (C=O) groups is 2. The van der Waals surface area contributed by atoms with E-state index in [0.717, 1.165) is 54.4 Å². The van der Waals surface area contributed by atoms with E-state index in [4.69, 9.17) is 0 Å². The first-order valence-electron chi connectivity index (χ1n) is 12.5. The van der Waals surface area contributed by atoms with Gasteiger partial charge in [-0.15, -0.1) is 0 Å². The van der Waals surface area contributed by atoms with Crippen LogP contribution in [0.1, 0.15) is 35.1 Å². The number of aromatic nitrogens is 2. The number of anilines is 2.